The van der Waals surface area contributed by atoms with Gasteiger partial charge in [-0.15, -0.1) is 0 Å². The highest BCUT2D eigenvalue weighted by Crippen LogP contribution is 2.30. The molecule has 0 aliphatic rings. The average Bonchev–Trinajstić information content (AvgIpc) is 2.76. The Morgan fingerprint density at radius 2 is 1.30 bits per heavy atom. The molecular formula is C22H26N2O2S4. The summed E-state index contributed by atoms with van der Waals surface area (Å²) in [6, 6.07) is 16.0. The van der Waals surface area contributed by atoms with Gasteiger partial charge >= 0.3 is 0 Å². The van der Waals surface area contributed by atoms with E-state index < -0.39 is 0 Å². The molecule has 0 bridgehead atoms. The number of aryl methyl sites for hydroxylation is 1. The van der Waals surface area contributed by atoms with Gasteiger partial charge in [0.25, 0.3) is 6.47 Å². The Morgan fingerprint density at radius 3 is 1.70 bits per heavy atom. The van der Waals surface area contributed by atoms with Crippen molar-refractivity contribution in [2.75, 3.05) is 13.1 Å². The summed E-state index contributed by atoms with van der Waals surface area (Å²) in [6.45, 7) is 9.84. The summed E-state index contributed by atoms with van der Waals surface area (Å²) in [4.78, 5) is 14.7. The fourth-order valence-corrected chi connectivity index (χ4v) is 5.45. The summed E-state index contributed by atoms with van der Waals surface area (Å²) in [5, 5.41) is 0. The average molecular weight is 479 g/mol. The smallest absolute Gasteiger partial charge is 0.298 e. The van der Waals surface area contributed by atoms with Gasteiger partial charge in [0, 0.05) is 26.2 Å². The zero-order valence-electron chi connectivity index (χ0n) is 17.4. The predicted octanol–water partition coefficient (Wildman–Crippen LogP) is 5.83. The molecule has 0 aromatic heterocycles. The van der Waals surface area contributed by atoms with Crippen LogP contribution in [0.25, 0.3) is 0 Å². The van der Waals surface area contributed by atoms with Gasteiger partial charge in [-0.1, -0.05) is 66.4 Å². The maximum Gasteiger partial charge on any atom is 0.298 e. The summed E-state index contributed by atoms with van der Waals surface area (Å²) in [5.74, 6) is 0.530. The second kappa shape index (κ2) is 12.9. The van der Waals surface area contributed by atoms with E-state index in [0.29, 0.717) is 18.8 Å². The molecule has 0 saturated heterocycles. The van der Waals surface area contributed by atoms with Crippen LogP contribution < -0.4 is 4.74 Å². The highest BCUT2D eigenvalue weighted by Gasteiger charge is 2.14. The fraction of sp³-hybridized carbons (Fsp3) is 0.318. The van der Waals surface area contributed by atoms with Crippen LogP contribution in [0, 0.1) is 6.92 Å². The van der Waals surface area contributed by atoms with E-state index in [-0.39, 0.29) is 0 Å². The Bertz CT molecular complexity index is 841. The van der Waals surface area contributed by atoms with Crippen molar-refractivity contribution >= 4 is 61.1 Å². The van der Waals surface area contributed by atoms with Crippen LogP contribution in [0.5, 0.6) is 5.75 Å². The molecule has 0 fully saturated rings. The van der Waals surface area contributed by atoms with Gasteiger partial charge in [-0.2, -0.15) is 0 Å². The largest absolute Gasteiger partial charge is 0.429 e. The highest BCUT2D eigenvalue weighted by atomic mass is 33.1. The number of carbonyl (C=O) groups excluding carboxylic acids is 1. The molecular weight excluding hydrogens is 453 g/mol. The van der Waals surface area contributed by atoms with E-state index in [9.17, 15) is 4.79 Å². The molecule has 0 saturated carbocycles. The van der Waals surface area contributed by atoms with Crippen LogP contribution in [0.4, 0.5) is 0 Å². The number of carbonyl (C=O) groups is 1. The lowest BCUT2D eigenvalue weighted by Crippen LogP contribution is -2.28. The minimum absolute atomic E-state index is 0.428. The van der Waals surface area contributed by atoms with Crippen LogP contribution in [0.2, 0.25) is 0 Å². The molecule has 0 radical (unpaired) electrons. The number of ether oxygens (including phenoxy) is 1. The van der Waals surface area contributed by atoms with Gasteiger partial charge in [0.05, 0.1) is 0 Å². The van der Waals surface area contributed by atoms with Crippen molar-refractivity contribution in [2.45, 2.75) is 33.9 Å². The molecule has 0 aliphatic carbocycles. The lowest BCUT2D eigenvalue weighted by molar-refractivity contribution is -0.120. The minimum atomic E-state index is 0.428. The molecule has 2 aromatic rings. The van der Waals surface area contributed by atoms with E-state index in [2.05, 4.69) is 54.8 Å². The molecule has 0 unspecified atom stereocenters. The van der Waals surface area contributed by atoms with Crippen molar-refractivity contribution in [3.8, 4) is 5.75 Å². The third-order valence-corrected chi connectivity index (χ3v) is 8.17. The van der Waals surface area contributed by atoms with Gasteiger partial charge < -0.3 is 14.5 Å². The van der Waals surface area contributed by atoms with E-state index in [0.717, 1.165) is 33.8 Å². The van der Waals surface area contributed by atoms with Crippen LogP contribution in [-0.4, -0.2) is 38.0 Å². The molecule has 4 nitrogen and oxygen atoms in total. The van der Waals surface area contributed by atoms with E-state index in [4.69, 9.17) is 29.2 Å². The molecule has 2 rings (SSSR count). The number of thiocarbonyl (C=S) groups is 2. The van der Waals surface area contributed by atoms with Gasteiger partial charge in [0.1, 0.15) is 14.4 Å². The first-order valence-electron chi connectivity index (χ1n) is 9.63. The first-order valence-corrected chi connectivity index (χ1v) is 12.6. The van der Waals surface area contributed by atoms with Crippen LogP contribution in [0.3, 0.4) is 0 Å². The number of rotatable bonds is 8. The van der Waals surface area contributed by atoms with Crippen molar-refractivity contribution < 1.29 is 9.53 Å². The third-order valence-electron chi connectivity index (χ3n) is 4.44. The van der Waals surface area contributed by atoms with Crippen molar-refractivity contribution in [3.05, 3.63) is 65.2 Å². The summed E-state index contributed by atoms with van der Waals surface area (Å²) in [5.41, 5.74) is 3.60. The van der Waals surface area contributed by atoms with Crippen molar-refractivity contribution in [1.29, 1.82) is 0 Å². The molecule has 8 heteroatoms. The molecule has 0 N–H and O–H groups in total. The van der Waals surface area contributed by atoms with E-state index >= 15 is 0 Å². The Hall–Kier alpha value is -1.61. The SMILES string of the molecule is CCN(Cc1ccc(C)cc1)C(=S)SSC(=S)N(CC)Cc1ccc(OC=O)cc1. The van der Waals surface area contributed by atoms with E-state index in [1.54, 1.807) is 12.1 Å². The molecule has 0 aliphatic heterocycles. The summed E-state index contributed by atoms with van der Waals surface area (Å²) < 4.78 is 6.47. The minimum Gasteiger partial charge on any atom is -0.429 e. The van der Waals surface area contributed by atoms with Crippen LogP contribution >= 0.6 is 46.0 Å². The molecule has 160 valence electrons. The third kappa shape index (κ3) is 7.91. The van der Waals surface area contributed by atoms with E-state index in [1.165, 1.54) is 32.7 Å². The monoisotopic (exact) mass is 478 g/mol. The maximum atomic E-state index is 10.4. The number of hydrogen-bond donors (Lipinski definition) is 0. The Labute approximate surface area is 197 Å². The van der Waals surface area contributed by atoms with Crippen molar-refractivity contribution in [3.63, 3.8) is 0 Å². The summed E-state index contributed by atoms with van der Waals surface area (Å²) >= 11 is 11.3. The Balaban J connectivity index is 1.88. The lowest BCUT2D eigenvalue weighted by Gasteiger charge is -2.25. The zero-order valence-corrected chi connectivity index (χ0v) is 20.6. The Kier molecular flexibility index (Phi) is 10.6. The molecule has 0 atom stereocenters. The molecule has 30 heavy (non-hydrogen) atoms. The lowest BCUT2D eigenvalue weighted by atomic mass is 10.1. The maximum absolute atomic E-state index is 10.4. The topological polar surface area (TPSA) is 32.8 Å². The quantitative estimate of drug-likeness (QED) is 0.266. The van der Waals surface area contributed by atoms with Gasteiger partial charge in [0.15, 0.2) is 0 Å². The van der Waals surface area contributed by atoms with Crippen molar-refractivity contribution in [2.24, 2.45) is 0 Å². The zero-order chi connectivity index (χ0) is 21.9. The second-order valence-electron chi connectivity index (χ2n) is 6.57. The summed E-state index contributed by atoms with van der Waals surface area (Å²) in [6.07, 6.45) is 0. The summed E-state index contributed by atoms with van der Waals surface area (Å²) in [7, 11) is 3.06. The first kappa shape index (κ1) is 24.7. The Morgan fingerprint density at radius 1 is 0.867 bits per heavy atom. The number of hydrogen-bond acceptors (Lipinski definition) is 6. The van der Waals surface area contributed by atoms with Crippen LogP contribution in [-0.2, 0) is 17.9 Å². The number of nitrogens with zero attached hydrogens (tertiary/aromatic N) is 2. The van der Waals surface area contributed by atoms with Gasteiger partial charge in [-0.3, -0.25) is 4.79 Å². The molecule has 2 aromatic carbocycles. The van der Waals surface area contributed by atoms with Crippen molar-refractivity contribution in [1.82, 2.24) is 9.80 Å². The predicted molar refractivity (Wildman–Crippen MR) is 137 cm³/mol. The van der Waals surface area contributed by atoms with Gasteiger partial charge in [-0.05, 0) is 65.6 Å². The fourth-order valence-electron chi connectivity index (χ4n) is 2.65. The van der Waals surface area contributed by atoms with Gasteiger partial charge in [0.2, 0.25) is 0 Å². The number of benzene rings is 2. The molecule has 0 heterocycles. The normalized spacial score (nSPS) is 10.4. The highest BCUT2D eigenvalue weighted by molar-refractivity contribution is 8.89. The van der Waals surface area contributed by atoms with E-state index in [1.807, 2.05) is 12.1 Å². The molecule has 0 spiro atoms. The van der Waals surface area contributed by atoms with Crippen LogP contribution in [0.15, 0.2) is 48.5 Å². The van der Waals surface area contributed by atoms with Gasteiger partial charge in [-0.25, -0.2) is 0 Å². The molecule has 0 amide bonds. The van der Waals surface area contributed by atoms with Crippen LogP contribution in [0.1, 0.15) is 30.5 Å². The second-order valence-corrected chi connectivity index (χ2v) is 9.97. The standard InChI is InChI=1S/C22H26N2O2S4/c1-4-23(14-18-8-6-17(3)7-9-18)21(27)29-30-22(28)24(5-2)15-19-10-12-20(13-11-19)26-16-25/h6-13,16H,4-5,14-15H2,1-3H3. The first-order chi connectivity index (χ1) is 14.5.